The Hall–Kier alpha value is -0.530. The van der Waals surface area contributed by atoms with Gasteiger partial charge in [-0.05, 0) is 50.3 Å². The molecule has 2 bridgehead atoms. The Labute approximate surface area is 172 Å². The first-order chi connectivity index (χ1) is 12.4. The molecule has 2 aliphatic carbocycles. The van der Waals surface area contributed by atoms with Crippen LogP contribution in [0, 0.1) is 5.41 Å². The van der Waals surface area contributed by atoms with Gasteiger partial charge >= 0.3 is 0 Å². The zero-order chi connectivity index (χ0) is 18.1. The first-order valence-electron chi connectivity index (χ1n) is 9.50. The SMILES string of the molecule is CC(=O)CS[C@@H]1CC12CN(C)[C@H]1Cc3c[nH]c4cccc(c34)[C@@]([I-])(C1)C2. The van der Waals surface area contributed by atoms with Crippen LogP contribution >= 0.6 is 11.8 Å². The van der Waals surface area contributed by atoms with E-state index < -0.39 is 0 Å². The van der Waals surface area contributed by atoms with Crippen molar-refractivity contribution in [2.75, 3.05) is 19.3 Å². The molecule has 1 unspecified atom stereocenters. The van der Waals surface area contributed by atoms with Gasteiger partial charge in [-0.15, -0.1) is 3.42 Å². The van der Waals surface area contributed by atoms with E-state index >= 15 is 0 Å². The van der Waals surface area contributed by atoms with Gasteiger partial charge in [0.15, 0.2) is 0 Å². The molecule has 1 saturated heterocycles. The summed E-state index contributed by atoms with van der Waals surface area (Å²) < 4.78 is 0.186. The van der Waals surface area contributed by atoms with E-state index in [1.807, 2.05) is 11.8 Å². The Morgan fingerprint density at radius 1 is 1.42 bits per heavy atom. The van der Waals surface area contributed by atoms with E-state index in [2.05, 4.69) is 63.9 Å². The Kier molecular flexibility index (Phi) is 4.04. The molecule has 5 rings (SSSR count). The number of benzene rings is 1. The van der Waals surface area contributed by atoms with Gasteiger partial charge in [0, 0.05) is 34.9 Å². The molecule has 139 valence electrons. The van der Waals surface area contributed by atoms with Gasteiger partial charge in [0.1, 0.15) is 5.78 Å². The maximum atomic E-state index is 11.5. The number of aromatic nitrogens is 1. The monoisotopic (exact) mass is 480 g/mol. The average Bonchev–Trinajstić information content (AvgIpc) is 3.14. The van der Waals surface area contributed by atoms with Crippen molar-refractivity contribution in [3.63, 3.8) is 0 Å². The lowest BCUT2D eigenvalue weighted by atomic mass is 9.84. The number of aromatic amines is 1. The number of nitrogens with one attached hydrogen (secondary N) is 1. The molecule has 26 heavy (non-hydrogen) atoms. The minimum atomic E-state index is 0.186. The topological polar surface area (TPSA) is 36.1 Å². The molecule has 3 aliphatic rings. The van der Waals surface area contributed by atoms with Gasteiger partial charge < -0.3 is 32.5 Å². The summed E-state index contributed by atoms with van der Waals surface area (Å²) in [5.41, 5.74) is 4.68. The first-order valence-corrected chi connectivity index (χ1v) is 11.6. The molecule has 2 aromatic rings. The van der Waals surface area contributed by atoms with Crippen LogP contribution in [0.3, 0.4) is 0 Å². The van der Waals surface area contributed by atoms with E-state index in [0.29, 0.717) is 28.2 Å². The third-order valence-corrected chi connectivity index (χ3v) is 9.75. The Balaban J connectivity index is 1.57. The second-order valence-corrected chi connectivity index (χ2v) is 12.0. The van der Waals surface area contributed by atoms with Crippen molar-refractivity contribution in [1.82, 2.24) is 9.88 Å². The number of carbonyl (C=O) groups is 1. The number of rotatable bonds is 3. The molecule has 3 nitrogen and oxygen atoms in total. The summed E-state index contributed by atoms with van der Waals surface area (Å²) >= 11 is 4.68. The number of hydrogen-bond donors (Lipinski definition) is 1. The van der Waals surface area contributed by atoms with Crippen LogP contribution in [0.15, 0.2) is 24.4 Å². The minimum Gasteiger partial charge on any atom is -0.785 e. The van der Waals surface area contributed by atoms with Crippen molar-refractivity contribution < 1.29 is 27.4 Å². The molecule has 1 spiro atoms. The summed E-state index contributed by atoms with van der Waals surface area (Å²) in [5.74, 6) is 0.978. The molecular formula is C21H25IN2OS-. The smallest absolute Gasteiger partial charge is 0.139 e. The number of likely N-dealkylation sites (tertiary alicyclic amines) is 1. The highest BCUT2D eigenvalue weighted by Gasteiger charge is 2.58. The minimum absolute atomic E-state index is 0.186. The van der Waals surface area contributed by atoms with E-state index in [1.165, 1.54) is 47.8 Å². The predicted molar refractivity (Wildman–Crippen MR) is 103 cm³/mol. The van der Waals surface area contributed by atoms with Gasteiger partial charge in [0.05, 0.1) is 5.75 Å². The van der Waals surface area contributed by atoms with Crippen LogP contribution in [0.5, 0.6) is 0 Å². The van der Waals surface area contributed by atoms with Crippen LogP contribution in [0.2, 0.25) is 0 Å². The van der Waals surface area contributed by atoms with E-state index in [4.69, 9.17) is 0 Å². The Morgan fingerprint density at radius 2 is 2.27 bits per heavy atom. The van der Waals surface area contributed by atoms with Crippen molar-refractivity contribution in [3.05, 3.63) is 35.5 Å². The first kappa shape index (κ1) is 17.6. The molecule has 5 heteroatoms. The third kappa shape index (κ3) is 2.68. The van der Waals surface area contributed by atoms with Gasteiger partial charge in [-0.3, -0.25) is 4.79 Å². The number of Topliss-reactive ketones (excluding diaryl/α,β-unsaturated/α-hetero) is 1. The zero-order valence-electron chi connectivity index (χ0n) is 15.3. The quantitative estimate of drug-likeness (QED) is 0.518. The summed E-state index contributed by atoms with van der Waals surface area (Å²) in [6.45, 7) is 2.89. The zero-order valence-corrected chi connectivity index (χ0v) is 18.3. The number of halogens is 1. The number of ketones is 1. The van der Waals surface area contributed by atoms with Crippen LogP contribution in [-0.2, 0) is 14.6 Å². The van der Waals surface area contributed by atoms with Gasteiger partial charge in [-0.1, -0.05) is 24.1 Å². The molecule has 2 heterocycles. The van der Waals surface area contributed by atoms with Crippen LogP contribution in [-0.4, -0.2) is 46.3 Å². The molecule has 1 aliphatic heterocycles. The molecule has 1 saturated carbocycles. The lowest BCUT2D eigenvalue weighted by molar-refractivity contribution is -0.494. The fourth-order valence-corrected chi connectivity index (χ4v) is 8.55. The normalized spacial score (nSPS) is 36.1. The largest absolute Gasteiger partial charge is 0.785 e. The van der Waals surface area contributed by atoms with Crippen LogP contribution in [0.1, 0.15) is 37.3 Å². The van der Waals surface area contributed by atoms with Gasteiger partial charge in [0.25, 0.3) is 0 Å². The summed E-state index contributed by atoms with van der Waals surface area (Å²) in [4.78, 5) is 17.6. The fraction of sp³-hybridized carbons (Fsp3) is 0.571. The lowest BCUT2D eigenvalue weighted by Gasteiger charge is -2.44. The molecule has 1 aromatic carbocycles. The van der Waals surface area contributed by atoms with Crippen molar-refractivity contribution in [2.24, 2.45) is 5.41 Å². The number of fused-ring (bicyclic) bond motifs is 3. The van der Waals surface area contributed by atoms with Crippen LogP contribution in [0.25, 0.3) is 10.9 Å². The summed E-state index contributed by atoms with van der Waals surface area (Å²) in [7, 11) is 2.32. The molecule has 4 atom stereocenters. The van der Waals surface area contributed by atoms with Crippen LogP contribution < -0.4 is 22.6 Å². The highest BCUT2D eigenvalue weighted by molar-refractivity contribution is 8.00. The van der Waals surface area contributed by atoms with E-state index in [9.17, 15) is 4.79 Å². The van der Waals surface area contributed by atoms with Gasteiger partial charge in [-0.2, -0.15) is 11.8 Å². The number of nitrogens with zero attached hydrogens (tertiary/aromatic N) is 1. The predicted octanol–water partition coefficient (Wildman–Crippen LogP) is 0.648. The van der Waals surface area contributed by atoms with Crippen molar-refractivity contribution in [3.8, 4) is 0 Å². The molecular weight excluding hydrogens is 455 g/mol. The molecule has 1 N–H and O–H groups in total. The lowest BCUT2D eigenvalue weighted by Crippen LogP contribution is -3.42. The van der Waals surface area contributed by atoms with Crippen LogP contribution in [0.4, 0.5) is 0 Å². The van der Waals surface area contributed by atoms with Gasteiger partial charge in [-0.25, -0.2) is 0 Å². The molecule has 2 fully saturated rings. The highest BCUT2D eigenvalue weighted by Crippen LogP contribution is 2.61. The molecule has 0 amide bonds. The average molecular weight is 480 g/mol. The van der Waals surface area contributed by atoms with Gasteiger partial charge in [0.2, 0.25) is 0 Å². The van der Waals surface area contributed by atoms with Crippen molar-refractivity contribution >= 4 is 28.4 Å². The molecule has 1 aromatic heterocycles. The number of hydrogen-bond acceptors (Lipinski definition) is 3. The third-order valence-electron chi connectivity index (χ3n) is 6.71. The van der Waals surface area contributed by atoms with E-state index in [0.717, 1.165) is 6.42 Å². The second-order valence-electron chi connectivity index (χ2n) is 8.73. The number of thioether (sulfide) groups is 1. The number of likely N-dealkylation sites (N-methyl/N-ethyl adjacent to an activating group) is 1. The fourth-order valence-electron chi connectivity index (χ4n) is 5.43. The van der Waals surface area contributed by atoms with E-state index in [1.54, 1.807) is 6.92 Å². The standard InChI is InChI=1S/C21H25IN2OS/c1-13(25)10-26-18-8-20(18)11-21(22)7-15(24(2)12-20)6-14-9-23-17-5-3-4-16(21)19(14)17/h3-5,9,15,18,23H,6-8,10-12H2,1-2H3/q-1/t15-,18+,20?,21+/m0/s1. The maximum absolute atomic E-state index is 11.5. The highest BCUT2D eigenvalue weighted by atomic mass is 127. The Bertz CT molecular complexity index is 895. The number of H-pyrrole nitrogens is 1. The Morgan fingerprint density at radius 3 is 3.08 bits per heavy atom. The number of alkyl halides is 1. The van der Waals surface area contributed by atoms with E-state index in [-0.39, 0.29) is 3.42 Å². The second kappa shape index (κ2) is 5.98. The number of carbonyl (C=O) groups excluding carboxylic acids is 1. The maximum Gasteiger partial charge on any atom is 0.139 e. The summed E-state index contributed by atoms with van der Waals surface area (Å²) in [5, 5.41) is 2.12. The molecule has 1 radical (unpaired) electrons. The summed E-state index contributed by atoms with van der Waals surface area (Å²) in [6.07, 6.45) is 7.10. The van der Waals surface area contributed by atoms with Crippen molar-refractivity contribution in [2.45, 2.75) is 47.3 Å². The summed E-state index contributed by atoms with van der Waals surface area (Å²) in [6, 6.07) is 7.40. The van der Waals surface area contributed by atoms with Crippen molar-refractivity contribution in [1.29, 1.82) is 0 Å².